The second-order valence-corrected chi connectivity index (χ2v) is 7.53. The molecule has 1 fully saturated rings. The Morgan fingerprint density at radius 3 is 2.52 bits per heavy atom. The topological polar surface area (TPSA) is 29.0 Å². The van der Waals surface area contributed by atoms with Gasteiger partial charge in [0.2, 0.25) is 0 Å². The van der Waals surface area contributed by atoms with E-state index in [1.54, 1.807) is 6.07 Å². The number of aromatic nitrogens is 2. The van der Waals surface area contributed by atoms with E-state index in [4.69, 9.17) is 33.2 Å². The lowest BCUT2D eigenvalue weighted by Gasteiger charge is -2.32. The number of rotatable bonds is 2. The Kier molecular flexibility index (Phi) is 4.53. The van der Waals surface area contributed by atoms with Gasteiger partial charge in [-0.15, -0.1) is 0 Å². The van der Waals surface area contributed by atoms with Crippen LogP contribution in [0.25, 0.3) is 22.3 Å². The average Bonchev–Trinajstić information content (AvgIpc) is 2.61. The summed E-state index contributed by atoms with van der Waals surface area (Å²) in [6, 6.07) is 13.6. The van der Waals surface area contributed by atoms with Crippen LogP contribution >= 0.6 is 23.2 Å². The lowest BCUT2D eigenvalue weighted by Crippen LogP contribution is -2.33. The van der Waals surface area contributed by atoms with Gasteiger partial charge >= 0.3 is 0 Å². The van der Waals surface area contributed by atoms with Crippen molar-refractivity contribution in [1.82, 2.24) is 9.97 Å². The Bertz CT molecular complexity index is 918. The Balaban J connectivity index is 1.86. The van der Waals surface area contributed by atoms with Crippen LogP contribution in [0, 0.1) is 5.92 Å². The van der Waals surface area contributed by atoms with E-state index in [1.807, 2.05) is 30.3 Å². The van der Waals surface area contributed by atoms with Gasteiger partial charge in [-0.25, -0.2) is 9.97 Å². The van der Waals surface area contributed by atoms with Crippen molar-refractivity contribution in [3.05, 3.63) is 52.5 Å². The second-order valence-electron chi connectivity index (χ2n) is 6.68. The summed E-state index contributed by atoms with van der Waals surface area (Å²) in [4.78, 5) is 12.0. The zero-order valence-electron chi connectivity index (χ0n) is 14.0. The number of fused-ring (bicyclic) bond motifs is 1. The maximum absolute atomic E-state index is 6.39. The summed E-state index contributed by atoms with van der Waals surface area (Å²) in [5.41, 5.74) is 1.75. The smallest absolute Gasteiger partial charge is 0.163 e. The van der Waals surface area contributed by atoms with E-state index in [2.05, 4.69) is 17.9 Å². The van der Waals surface area contributed by atoms with Gasteiger partial charge in [-0.3, -0.25) is 0 Å². The van der Waals surface area contributed by atoms with Crippen molar-refractivity contribution in [3.63, 3.8) is 0 Å². The number of nitrogens with zero attached hydrogens (tertiary/aromatic N) is 3. The number of para-hydroxylation sites is 1. The zero-order valence-corrected chi connectivity index (χ0v) is 15.6. The molecule has 2 heterocycles. The van der Waals surface area contributed by atoms with Crippen molar-refractivity contribution >= 4 is 39.9 Å². The molecule has 0 spiro atoms. The molecule has 1 aliphatic rings. The fourth-order valence-electron chi connectivity index (χ4n) is 3.31. The standard InChI is InChI=1S/C20H19Cl2N3/c1-13-8-10-25(11-9-13)20-16-4-2-3-5-18(16)23-19(24-20)15-7-6-14(21)12-17(15)22/h2-7,12-13H,8-11H2,1H3. The molecule has 5 heteroatoms. The predicted octanol–water partition coefficient (Wildman–Crippen LogP) is 5.84. The maximum atomic E-state index is 6.39. The first-order valence-electron chi connectivity index (χ1n) is 8.59. The first-order chi connectivity index (χ1) is 12.1. The molecule has 0 saturated carbocycles. The molecule has 0 atom stereocenters. The molecule has 3 nitrogen and oxygen atoms in total. The molecule has 1 aliphatic heterocycles. The van der Waals surface area contributed by atoms with Crippen molar-refractivity contribution < 1.29 is 0 Å². The Hall–Kier alpha value is -1.84. The first-order valence-corrected chi connectivity index (χ1v) is 9.34. The summed E-state index contributed by atoms with van der Waals surface area (Å²) < 4.78 is 0. The summed E-state index contributed by atoms with van der Waals surface area (Å²) in [5, 5.41) is 2.27. The van der Waals surface area contributed by atoms with E-state index in [0.29, 0.717) is 15.9 Å². The number of hydrogen-bond donors (Lipinski definition) is 0. The van der Waals surface area contributed by atoms with Crippen molar-refractivity contribution in [2.75, 3.05) is 18.0 Å². The van der Waals surface area contributed by atoms with Gasteiger partial charge < -0.3 is 4.90 Å². The molecule has 25 heavy (non-hydrogen) atoms. The monoisotopic (exact) mass is 371 g/mol. The van der Waals surface area contributed by atoms with Gasteiger partial charge in [-0.05, 0) is 49.1 Å². The van der Waals surface area contributed by atoms with Crippen molar-refractivity contribution in [3.8, 4) is 11.4 Å². The Morgan fingerprint density at radius 2 is 1.76 bits per heavy atom. The van der Waals surface area contributed by atoms with Crippen LogP contribution in [0.4, 0.5) is 5.82 Å². The molecule has 1 saturated heterocycles. The fourth-order valence-corrected chi connectivity index (χ4v) is 3.81. The van der Waals surface area contributed by atoms with E-state index in [-0.39, 0.29) is 0 Å². The molecule has 0 amide bonds. The minimum absolute atomic E-state index is 0.570. The third kappa shape index (κ3) is 3.31. The summed E-state index contributed by atoms with van der Waals surface area (Å²) in [5.74, 6) is 2.42. The van der Waals surface area contributed by atoms with Crippen LogP contribution in [0.2, 0.25) is 10.0 Å². The molecule has 0 aliphatic carbocycles. The summed E-state index contributed by atoms with van der Waals surface area (Å²) >= 11 is 12.4. The third-order valence-corrected chi connectivity index (χ3v) is 5.39. The zero-order chi connectivity index (χ0) is 17.4. The largest absolute Gasteiger partial charge is 0.356 e. The van der Waals surface area contributed by atoms with Gasteiger partial charge in [0.05, 0.1) is 10.5 Å². The molecule has 4 rings (SSSR count). The molecular weight excluding hydrogens is 353 g/mol. The van der Waals surface area contributed by atoms with E-state index >= 15 is 0 Å². The molecule has 1 aromatic heterocycles. The predicted molar refractivity (Wildman–Crippen MR) is 106 cm³/mol. The highest BCUT2D eigenvalue weighted by atomic mass is 35.5. The highest BCUT2D eigenvalue weighted by molar-refractivity contribution is 6.36. The summed E-state index contributed by atoms with van der Waals surface area (Å²) in [6.07, 6.45) is 2.38. The van der Waals surface area contributed by atoms with Crippen LogP contribution < -0.4 is 4.90 Å². The minimum atomic E-state index is 0.570. The third-order valence-electron chi connectivity index (χ3n) is 4.84. The molecule has 0 N–H and O–H groups in total. The molecule has 0 bridgehead atoms. The van der Waals surface area contributed by atoms with Gasteiger partial charge in [-0.2, -0.15) is 0 Å². The van der Waals surface area contributed by atoms with Gasteiger partial charge in [-0.1, -0.05) is 42.3 Å². The van der Waals surface area contributed by atoms with Crippen LogP contribution in [-0.4, -0.2) is 23.1 Å². The highest BCUT2D eigenvalue weighted by Crippen LogP contribution is 2.33. The van der Waals surface area contributed by atoms with E-state index in [1.165, 1.54) is 12.8 Å². The lowest BCUT2D eigenvalue weighted by atomic mass is 9.99. The van der Waals surface area contributed by atoms with E-state index in [9.17, 15) is 0 Å². The van der Waals surface area contributed by atoms with Gasteiger partial charge in [0, 0.05) is 29.1 Å². The van der Waals surface area contributed by atoms with Crippen molar-refractivity contribution in [2.24, 2.45) is 5.92 Å². The van der Waals surface area contributed by atoms with Gasteiger partial charge in [0.1, 0.15) is 5.82 Å². The second kappa shape index (κ2) is 6.81. The number of anilines is 1. The van der Waals surface area contributed by atoms with Crippen molar-refractivity contribution in [1.29, 1.82) is 0 Å². The quantitative estimate of drug-likeness (QED) is 0.566. The summed E-state index contributed by atoms with van der Waals surface area (Å²) in [6.45, 7) is 4.36. The van der Waals surface area contributed by atoms with E-state index in [0.717, 1.165) is 41.3 Å². The number of benzene rings is 2. The minimum Gasteiger partial charge on any atom is -0.356 e. The maximum Gasteiger partial charge on any atom is 0.163 e. The number of hydrogen-bond acceptors (Lipinski definition) is 3. The SMILES string of the molecule is CC1CCN(c2nc(-c3ccc(Cl)cc3Cl)nc3ccccc23)CC1. The Morgan fingerprint density at radius 1 is 1.00 bits per heavy atom. The number of piperidine rings is 1. The van der Waals surface area contributed by atoms with Crippen LogP contribution in [0.3, 0.4) is 0 Å². The highest BCUT2D eigenvalue weighted by Gasteiger charge is 2.21. The summed E-state index contributed by atoms with van der Waals surface area (Å²) in [7, 11) is 0. The van der Waals surface area contributed by atoms with Crippen LogP contribution in [-0.2, 0) is 0 Å². The fraction of sp³-hybridized carbons (Fsp3) is 0.300. The van der Waals surface area contributed by atoms with Gasteiger partial charge in [0.25, 0.3) is 0 Å². The molecular formula is C20H19Cl2N3. The average molecular weight is 372 g/mol. The van der Waals surface area contributed by atoms with Gasteiger partial charge in [0.15, 0.2) is 5.82 Å². The van der Waals surface area contributed by atoms with Crippen LogP contribution in [0.15, 0.2) is 42.5 Å². The molecule has 0 unspecified atom stereocenters. The Labute approximate surface area is 157 Å². The molecule has 2 aromatic carbocycles. The van der Waals surface area contributed by atoms with Crippen molar-refractivity contribution in [2.45, 2.75) is 19.8 Å². The van der Waals surface area contributed by atoms with Crippen LogP contribution in [0.1, 0.15) is 19.8 Å². The molecule has 3 aromatic rings. The lowest BCUT2D eigenvalue weighted by molar-refractivity contribution is 0.437. The first kappa shape index (κ1) is 16.6. The van der Waals surface area contributed by atoms with Crippen LogP contribution in [0.5, 0.6) is 0 Å². The molecule has 128 valence electrons. The number of halogens is 2. The normalized spacial score (nSPS) is 15.7. The van der Waals surface area contributed by atoms with E-state index < -0.39 is 0 Å². The molecule has 0 radical (unpaired) electrons.